The largest absolute Gasteiger partial charge is 4.00 e. The monoisotopic (exact) mass is 362 g/mol. The zero-order chi connectivity index (χ0) is 10.3. The van der Waals surface area contributed by atoms with Gasteiger partial charge in [0.25, 0.3) is 0 Å². The number of hydrogen-bond acceptors (Lipinski definition) is 0. The molecule has 0 radical (unpaired) electrons. The van der Waals surface area contributed by atoms with Crippen LogP contribution in [0.4, 0.5) is 0 Å². The van der Waals surface area contributed by atoms with Crippen molar-refractivity contribution >= 4 is 16.1 Å². The van der Waals surface area contributed by atoms with Crippen molar-refractivity contribution in [3.63, 3.8) is 0 Å². The average Bonchev–Trinajstić information content (AvgIpc) is 2.28. The van der Waals surface area contributed by atoms with Crippen molar-refractivity contribution in [1.82, 2.24) is 0 Å². The molecule has 6 heteroatoms. The molecule has 0 aromatic carbocycles. The van der Waals surface area contributed by atoms with Gasteiger partial charge in [0.2, 0.25) is 0 Å². The summed E-state index contributed by atoms with van der Waals surface area (Å²) < 4.78 is 0. The third-order valence-corrected chi connectivity index (χ3v) is 6.59. The van der Waals surface area contributed by atoms with Gasteiger partial charge in [-0.15, -0.1) is 6.42 Å². The molecular formula is C11H21Cl3Si2Ti. The van der Waals surface area contributed by atoms with Gasteiger partial charge in [-0.1, -0.05) is 39.3 Å². The van der Waals surface area contributed by atoms with Crippen molar-refractivity contribution in [3.05, 3.63) is 22.5 Å². The molecule has 1 aliphatic rings. The van der Waals surface area contributed by atoms with Crippen LogP contribution in [0.1, 0.15) is 6.42 Å². The molecule has 98 valence electrons. The van der Waals surface area contributed by atoms with Crippen LogP contribution < -0.4 is 37.2 Å². The van der Waals surface area contributed by atoms with Gasteiger partial charge in [-0.05, 0) is 0 Å². The summed E-state index contributed by atoms with van der Waals surface area (Å²) in [6.07, 6.45) is 7.28. The van der Waals surface area contributed by atoms with Crippen LogP contribution in [-0.2, 0) is 21.7 Å². The van der Waals surface area contributed by atoms with Gasteiger partial charge in [0.05, 0.1) is 8.07 Å². The van der Waals surface area contributed by atoms with Crippen LogP contribution in [0.2, 0.25) is 39.3 Å². The van der Waals surface area contributed by atoms with E-state index in [1.54, 1.807) is 10.4 Å². The van der Waals surface area contributed by atoms with Crippen molar-refractivity contribution in [2.75, 3.05) is 0 Å². The van der Waals surface area contributed by atoms with Crippen LogP contribution in [-0.4, -0.2) is 16.1 Å². The molecule has 0 aromatic heterocycles. The molecule has 0 N–H and O–H groups in total. The van der Waals surface area contributed by atoms with Crippen LogP contribution in [0.25, 0.3) is 0 Å². The van der Waals surface area contributed by atoms with Gasteiger partial charge in [-0.2, -0.15) is 5.20 Å². The fourth-order valence-corrected chi connectivity index (χ4v) is 4.05. The van der Waals surface area contributed by atoms with E-state index in [1.165, 1.54) is 6.42 Å². The molecule has 0 unspecified atom stereocenters. The maximum absolute atomic E-state index is 3.67. The Kier molecular flexibility index (Phi) is 14.9. The Morgan fingerprint density at radius 2 is 1.29 bits per heavy atom. The van der Waals surface area contributed by atoms with Crippen molar-refractivity contribution in [2.45, 2.75) is 45.7 Å². The maximum Gasteiger partial charge on any atom is 4.00 e. The standard InChI is InChI=1S/C11H21Si2.3ClH.Ti/c1-12(2,3)10-7-8-11(9-10)13(4,5)6;;;;/h7H,8H2,1-6H3;3*1H;/q-1;;;;+4/p-3. The molecule has 0 saturated carbocycles. The Morgan fingerprint density at radius 3 is 1.47 bits per heavy atom. The van der Waals surface area contributed by atoms with Crippen molar-refractivity contribution in [3.8, 4) is 0 Å². The summed E-state index contributed by atoms with van der Waals surface area (Å²) in [6.45, 7) is 14.4. The molecule has 0 amide bonds. The summed E-state index contributed by atoms with van der Waals surface area (Å²) >= 11 is 0. The Hall–Kier alpha value is 1.50. The SMILES string of the molecule is C[Si](C)(C)C1=[C-]C([Si](C)(C)C)=CC1.[Cl-].[Cl-].[Cl-].[Ti+4]. The van der Waals surface area contributed by atoms with Gasteiger partial charge in [0.1, 0.15) is 0 Å². The number of rotatable bonds is 2. The Labute approximate surface area is 142 Å². The maximum atomic E-state index is 3.67. The Bertz CT molecular complexity index is 275. The second-order valence-corrected chi connectivity index (χ2v) is 16.1. The van der Waals surface area contributed by atoms with Gasteiger partial charge in [-0.25, -0.2) is 11.3 Å². The van der Waals surface area contributed by atoms with Gasteiger partial charge in [0.15, 0.2) is 0 Å². The topological polar surface area (TPSA) is 0 Å². The van der Waals surface area contributed by atoms with E-state index in [9.17, 15) is 0 Å². The van der Waals surface area contributed by atoms with E-state index >= 15 is 0 Å². The predicted molar refractivity (Wildman–Crippen MR) is 66.1 cm³/mol. The molecule has 0 bridgehead atoms. The van der Waals surface area contributed by atoms with E-state index in [2.05, 4.69) is 51.4 Å². The summed E-state index contributed by atoms with van der Waals surface area (Å²) in [7, 11) is -2.16. The molecule has 0 aliphatic heterocycles. The first kappa shape index (κ1) is 26.9. The minimum atomic E-state index is -1.09. The van der Waals surface area contributed by atoms with Crippen molar-refractivity contribution in [1.29, 1.82) is 0 Å². The van der Waals surface area contributed by atoms with E-state index in [4.69, 9.17) is 0 Å². The third kappa shape index (κ3) is 8.30. The van der Waals surface area contributed by atoms with E-state index < -0.39 is 16.1 Å². The van der Waals surface area contributed by atoms with Gasteiger partial charge >= 0.3 is 21.7 Å². The normalized spacial score (nSPS) is 14.2. The minimum absolute atomic E-state index is 0. The fourth-order valence-electron chi connectivity index (χ4n) is 1.46. The molecule has 1 rings (SSSR count). The van der Waals surface area contributed by atoms with Crippen LogP contribution in [0.3, 0.4) is 0 Å². The number of halogens is 3. The second kappa shape index (κ2) is 9.41. The summed E-state index contributed by atoms with van der Waals surface area (Å²) in [4.78, 5) is 0. The first-order valence-electron chi connectivity index (χ1n) is 5.05. The third-order valence-electron chi connectivity index (χ3n) is 2.51. The van der Waals surface area contributed by atoms with E-state index in [0.717, 1.165) is 0 Å². The molecule has 0 heterocycles. The van der Waals surface area contributed by atoms with Gasteiger partial charge in [0, 0.05) is 8.07 Å². The molecule has 0 nitrogen and oxygen atoms in total. The number of hydrogen-bond donors (Lipinski definition) is 0. The molecule has 0 saturated heterocycles. The molecule has 0 atom stereocenters. The molecule has 0 spiro atoms. The Morgan fingerprint density at radius 1 is 0.882 bits per heavy atom. The molecule has 0 fully saturated rings. The van der Waals surface area contributed by atoms with Gasteiger partial charge < -0.3 is 37.2 Å². The molecular weight excluding hydrogens is 343 g/mol. The van der Waals surface area contributed by atoms with Crippen LogP contribution in [0.5, 0.6) is 0 Å². The first-order chi connectivity index (χ1) is 5.71. The fraction of sp³-hybridized carbons (Fsp3) is 0.636. The summed E-state index contributed by atoms with van der Waals surface area (Å²) in [5, 5.41) is 3.16. The van der Waals surface area contributed by atoms with Crippen LogP contribution >= 0.6 is 0 Å². The van der Waals surface area contributed by atoms with E-state index in [-0.39, 0.29) is 58.9 Å². The smallest absolute Gasteiger partial charge is 1.00 e. The molecule has 0 aromatic rings. The van der Waals surface area contributed by atoms with Gasteiger partial charge in [-0.3, -0.25) is 6.08 Å². The van der Waals surface area contributed by atoms with Crippen LogP contribution in [0.15, 0.2) is 16.5 Å². The van der Waals surface area contributed by atoms with Crippen molar-refractivity contribution in [2.24, 2.45) is 0 Å². The zero-order valence-electron chi connectivity index (χ0n) is 11.4. The molecule has 17 heavy (non-hydrogen) atoms. The predicted octanol–water partition coefficient (Wildman–Crippen LogP) is -5.19. The van der Waals surface area contributed by atoms with E-state index in [0.29, 0.717) is 0 Å². The average molecular weight is 364 g/mol. The first-order valence-corrected chi connectivity index (χ1v) is 12.1. The summed E-state index contributed by atoms with van der Waals surface area (Å²) in [6, 6.07) is 0. The summed E-state index contributed by atoms with van der Waals surface area (Å²) in [5.41, 5.74) is 0. The quantitative estimate of drug-likeness (QED) is 0.340. The number of allylic oxidation sites excluding steroid dienone is 4. The van der Waals surface area contributed by atoms with Crippen molar-refractivity contribution < 1.29 is 58.9 Å². The second-order valence-electron chi connectivity index (χ2n) is 5.93. The summed E-state index contributed by atoms with van der Waals surface area (Å²) in [5.74, 6) is 0. The molecule has 1 aliphatic carbocycles. The Balaban J connectivity index is -0.000000211. The van der Waals surface area contributed by atoms with Crippen LogP contribution in [0, 0.1) is 6.08 Å². The minimum Gasteiger partial charge on any atom is -1.00 e. The van der Waals surface area contributed by atoms with E-state index in [1.807, 2.05) is 0 Å². The zero-order valence-corrected chi connectivity index (χ0v) is 17.2.